The summed E-state index contributed by atoms with van der Waals surface area (Å²) < 4.78 is 22.0. The van der Waals surface area contributed by atoms with E-state index in [-0.39, 0.29) is 0 Å². The molecule has 0 spiro atoms. The number of carbonyl (C=O) groups excluding carboxylic acids is 1. The molecule has 0 bridgehead atoms. The van der Waals surface area contributed by atoms with Gasteiger partial charge in [0.05, 0.1) is 5.92 Å². The molecule has 0 aromatic heterocycles. The first-order chi connectivity index (χ1) is 11.7. The molecule has 1 aromatic rings. The lowest BCUT2D eigenvalue weighted by molar-refractivity contribution is -0.526. The number of nitro groups is 1. The summed E-state index contributed by atoms with van der Waals surface area (Å²) in [6, 6.07) is 7.65. The number of cyclic esters (lactones) is 1. The molecule has 0 aliphatic carbocycles. The van der Waals surface area contributed by atoms with Crippen LogP contribution in [-0.4, -0.2) is 48.8 Å². The maximum atomic E-state index is 12.6. The highest BCUT2D eigenvalue weighted by atomic mass is 16.8. The predicted octanol–water partition coefficient (Wildman–Crippen LogP) is 2.10. The van der Waals surface area contributed by atoms with Crippen LogP contribution in [0.15, 0.2) is 30.3 Å². The Morgan fingerprint density at radius 3 is 2.20 bits per heavy atom. The number of hydrogen-bond donors (Lipinski definition) is 0. The summed E-state index contributed by atoms with van der Waals surface area (Å²) in [5.41, 5.74) is 0.605. The molecule has 8 heteroatoms. The van der Waals surface area contributed by atoms with Gasteiger partial charge in [0.2, 0.25) is 11.8 Å². The van der Waals surface area contributed by atoms with E-state index in [0.29, 0.717) is 5.56 Å². The molecule has 25 heavy (non-hydrogen) atoms. The summed E-state index contributed by atoms with van der Waals surface area (Å²) in [4.78, 5) is 23.6. The number of rotatable bonds is 6. The van der Waals surface area contributed by atoms with Gasteiger partial charge in [-0.1, -0.05) is 30.3 Å². The average molecular weight is 353 g/mol. The van der Waals surface area contributed by atoms with Gasteiger partial charge in [0, 0.05) is 33.0 Å². The van der Waals surface area contributed by atoms with E-state index in [0.717, 1.165) is 0 Å². The number of nitrogens with zero attached hydrogens (tertiary/aromatic N) is 1. The van der Waals surface area contributed by atoms with Gasteiger partial charge >= 0.3 is 5.97 Å². The second kappa shape index (κ2) is 7.07. The fourth-order valence-electron chi connectivity index (χ4n) is 2.93. The van der Waals surface area contributed by atoms with Crippen molar-refractivity contribution in [2.24, 2.45) is 0 Å². The van der Waals surface area contributed by atoms with Gasteiger partial charge in [0.1, 0.15) is 0 Å². The van der Waals surface area contributed by atoms with Gasteiger partial charge in [0.15, 0.2) is 6.10 Å². The summed E-state index contributed by atoms with van der Waals surface area (Å²) in [6.07, 6.45) is -1.21. The Morgan fingerprint density at radius 1 is 1.16 bits per heavy atom. The number of esters is 1. The van der Waals surface area contributed by atoms with Crippen LogP contribution in [0.25, 0.3) is 0 Å². The van der Waals surface area contributed by atoms with Gasteiger partial charge in [-0.2, -0.15) is 0 Å². The van der Waals surface area contributed by atoms with E-state index in [1.54, 1.807) is 37.3 Å². The molecule has 1 fully saturated rings. The van der Waals surface area contributed by atoms with Crippen molar-refractivity contribution in [1.82, 2.24) is 0 Å². The van der Waals surface area contributed by atoms with Crippen LogP contribution in [-0.2, 0) is 23.7 Å². The first-order valence-electron chi connectivity index (χ1n) is 7.88. The second-order valence-electron chi connectivity index (χ2n) is 6.22. The van der Waals surface area contributed by atoms with E-state index in [4.69, 9.17) is 18.9 Å². The normalized spacial score (nSPS) is 31.9. The molecule has 1 heterocycles. The number of carbonyl (C=O) groups is 1. The SMILES string of the molecule is CO[C@@]1(C)OC(=O)[C@@H]([C@@H](c2ccccc2)C(C)[N+](=O)[O-])O[C@]1(C)OC. The number of hydrogen-bond acceptors (Lipinski definition) is 7. The fourth-order valence-corrected chi connectivity index (χ4v) is 2.93. The summed E-state index contributed by atoms with van der Waals surface area (Å²) in [7, 11) is 2.75. The Labute approximate surface area is 146 Å². The monoisotopic (exact) mass is 353 g/mol. The lowest BCUT2D eigenvalue weighted by atomic mass is 9.86. The van der Waals surface area contributed by atoms with Gasteiger partial charge in [-0.25, -0.2) is 4.79 Å². The van der Waals surface area contributed by atoms with Gasteiger partial charge in [-0.15, -0.1) is 0 Å². The molecule has 0 radical (unpaired) electrons. The van der Waals surface area contributed by atoms with Crippen molar-refractivity contribution >= 4 is 5.97 Å². The number of benzene rings is 1. The minimum Gasteiger partial charge on any atom is -0.425 e. The minimum absolute atomic E-state index is 0.442. The molecule has 0 saturated carbocycles. The molecule has 8 nitrogen and oxygen atoms in total. The molecule has 138 valence electrons. The van der Waals surface area contributed by atoms with Crippen LogP contribution >= 0.6 is 0 Å². The van der Waals surface area contributed by atoms with Crippen LogP contribution in [0.5, 0.6) is 0 Å². The third-order valence-electron chi connectivity index (χ3n) is 4.85. The van der Waals surface area contributed by atoms with Gasteiger partial charge in [-0.3, -0.25) is 10.1 Å². The first kappa shape index (κ1) is 19.3. The molecule has 5 atom stereocenters. The van der Waals surface area contributed by atoms with Crippen molar-refractivity contribution in [2.45, 2.75) is 50.4 Å². The van der Waals surface area contributed by atoms with Crippen molar-refractivity contribution in [1.29, 1.82) is 0 Å². The largest absolute Gasteiger partial charge is 0.425 e. The lowest BCUT2D eigenvalue weighted by Gasteiger charge is -2.49. The first-order valence-corrected chi connectivity index (χ1v) is 7.88. The Kier molecular flexibility index (Phi) is 5.46. The summed E-state index contributed by atoms with van der Waals surface area (Å²) in [5.74, 6) is -4.49. The average Bonchev–Trinajstić information content (AvgIpc) is 2.60. The van der Waals surface area contributed by atoms with E-state index >= 15 is 0 Å². The van der Waals surface area contributed by atoms with Gasteiger partial charge < -0.3 is 18.9 Å². The third-order valence-corrected chi connectivity index (χ3v) is 4.85. The minimum atomic E-state index is -1.48. The van der Waals surface area contributed by atoms with Crippen molar-refractivity contribution in [2.75, 3.05) is 14.2 Å². The van der Waals surface area contributed by atoms with E-state index in [1.165, 1.54) is 28.1 Å². The molecule has 1 unspecified atom stereocenters. The molecule has 0 N–H and O–H groups in total. The van der Waals surface area contributed by atoms with Crippen molar-refractivity contribution < 1.29 is 28.7 Å². The standard InChI is InChI=1S/C17H23NO7/c1-11(18(20)21)13(12-9-7-6-8-10-12)14-15(19)25-17(3,23-5)16(2,22-4)24-14/h6-11,13-14H,1-5H3/t11?,13-,14-,16+,17+/m1/s1. The Balaban J connectivity index is 2.47. The van der Waals surface area contributed by atoms with E-state index in [9.17, 15) is 14.9 Å². The third kappa shape index (κ3) is 3.37. The molecule has 2 rings (SSSR count). The smallest absolute Gasteiger partial charge is 0.339 e. The number of ether oxygens (including phenoxy) is 4. The Morgan fingerprint density at radius 2 is 1.72 bits per heavy atom. The zero-order valence-corrected chi connectivity index (χ0v) is 14.9. The Bertz CT molecular complexity index is 637. The van der Waals surface area contributed by atoms with Crippen molar-refractivity contribution in [3.63, 3.8) is 0 Å². The van der Waals surface area contributed by atoms with Crippen molar-refractivity contribution in [3.05, 3.63) is 46.0 Å². The quantitative estimate of drug-likeness (QED) is 0.439. The zero-order valence-electron chi connectivity index (χ0n) is 14.9. The predicted molar refractivity (Wildman–Crippen MR) is 87.4 cm³/mol. The molecular weight excluding hydrogens is 330 g/mol. The van der Waals surface area contributed by atoms with E-state index in [2.05, 4.69) is 0 Å². The molecule has 1 saturated heterocycles. The van der Waals surface area contributed by atoms with Gasteiger partial charge in [0.25, 0.3) is 5.79 Å². The maximum absolute atomic E-state index is 12.6. The lowest BCUT2D eigenvalue weighted by Crippen LogP contribution is -2.65. The molecule has 0 amide bonds. The molecule has 1 aliphatic rings. The van der Waals surface area contributed by atoms with Crippen LogP contribution in [0.1, 0.15) is 32.3 Å². The van der Waals surface area contributed by atoms with Crippen LogP contribution in [0.4, 0.5) is 0 Å². The van der Waals surface area contributed by atoms with Crippen LogP contribution < -0.4 is 0 Å². The van der Waals surface area contributed by atoms with E-state index < -0.39 is 40.5 Å². The van der Waals surface area contributed by atoms with Crippen LogP contribution in [0, 0.1) is 10.1 Å². The summed E-state index contributed by atoms with van der Waals surface area (Å²) >= 11 is 0. The van der Waals surface area contributed by atoms with Crippen LogP contribution in [0.2, 0.25) is 0 Å². The topological polar surface area (TPSA) is 97.1 Å². The zero-order chi connectivity index (χ0) is 18.8. The summed E-state index contributed by atoms with van der Waals surface area (Å²) in [6.45, 7) is 4.51. The maximum Gasteiger partial charge on any atom is 0.339 e. The highest BCUT2D eigenvalue weighted by Gasteiger charge is 2.60. The van der Waals surface area contributed by atoms with Crippen molar-refractivity contribution in [3.8, 4) is 0 Å². The highest BCUT2D eigenvalue weighted by molar-refractivity contribution is 5.77. The molecular formula is C17H23NO7. The second-order valence-corrected chi connectivity index (χ2v) is 6.22. The fraction of sp³-hybridized carbons (Fsp3) is 0.588. The number of methoxy groups -OCH3 is 2. The molecule has 1 aromatic carbocycles. The Hall–Kier alpha value is -2.03. The van der Waals surface area contributed by atoms with Gasteiger partial charge in [-0.05, 0) is 12.5 Å². The van der Waals surface area contributed by atoms with E-state index in [1.807, 2.05) is 0 Å². The molecule has 1 aliphatic heterocycles. The van der Waals surface area contributed by atoms with Crippen LogP contribution in [0.3, 0.4) is 0 Å². The highest BCUT2D eigenvalue weighted by Crippen LogP contribution is 2.41. The summed E-state index contributed by atoms with van der Waals surface area (Å²) in [5, 5.41) is 11.4.